The molecule has 0 radical (unpaired) electrons. The van der Waals surface area contributed by atoms with Gasteiger partial charge in [0.05, 0.1) is 5.52 Å². The lowest BCUT2D eigenvalue weighted by Gasteiger charge is -2.26. The van der Waals surface area contributed by atoms with Crippen molar-refractivity contribution in [1.29, 1.82) is 0 Å². The van der Waals surface area contributed by atoms with Crippen LogP contribution >= 0.6 is 0 Å². The third kappa shape index (κ3) is 1.98. The first-order valence-corrected chi connectivity index (χ1v) is 6.47. The molecule has 0 spiro atoms. The average Bonchev–Trinajstić information content (AvgIpc) is 2.78. The molecule has 0 N–H and O–H groups in total. The zero-order valence-corrected chi connectivity index (χ0v) is 10.6. The van der Waals surface area contributed by atoms with Gasteiger partial charge in [-0.05, 0) is 31.4 Å². The number of hydrogen-bond donors (Lipinski definition) is 0. The minimum atomic E-state index is 0.141. The largest absolute Gasteiger partial charge is 0.339 e. The second-order valence-corrected chi connectivity index (χ2v) is 4.93. The van der Waals surface area contributed by atoms with Crippen LogP contribution in [-0.4, -0.2) is 33.7 Å². The maximum Gasteiger partial charge on any atom is 0.253 e. The van der Waals surface area contributed by atoms with Gasteiger partial charge >= 0.3 is 0 Å². The smallest absolute Gasteiger partial charge is 0.253 e. The summed E-state index contributed by atoms with van der Waals surface area (Å²) >= 11 is 0. The van der Waals surface area contributed by atoms with E-state index in [2.05, 4.69) is 5.10 Å². The Hall–Kier alpha value is -1.84. The van der Waals surface area contributed by atoms with Crippen molar-refractivity contribution < 1.29 is 4.79 Å². The van der Waals surface area contributed by atoms with Gasteiger partial charge in [0.15, 0.2) is 0 Å². The van der Waals surface area contributed by atoms with E-state index in [1.54, 1.807) is 4.68 Å². The van der Waals surface area contributed by atoms with E-state index < -0.39 is 0 Å². The zero-order chi connectivity index (χ0) is 12.5. The maximum absolute atomic E-state index is 12.3. The van der Waals surface area contributed by atoms with Crippen LogP contribution in [0.1, 0.15) is 29.6 Å². The van der Waals surface area contributed by atoms with Crippen molar-refractivity contribution in [3.05, 3.63) is 30.0 Å². The van der Waals surface area contributed by atoms with Crippen LogP contribution in [0, 0.1) is 0 Å². The fourth-order valence-corrected chi connectivity index (χ4v) is 2.55. The van der Waals surface area contributed by atoms with Crippen molar-refractivity contribution in [2.75, 3.05) is 13.1 Å². The highest BCUT2D eigenvalue weighted by Crippen LogP contribution is 2.17. The van der Waals surface area contributed by atoms with Gasteiger partial charge in [0.1, 0.15) is 0 Å². The Labute approximate surface area is 106 Å². The number of hydrogen-bond acceptors (Lipinski definition) is 2. The Morgan fingerprint density at radius 3 is 2.78 bits per heavy atom. The molecule has 1 saturated heterocycles. The van der Waals surface area contributed by atoms with Crippen molar-refractivity contribution >= 4 is 16.8 Å². The Kier molecular flexibility index (Phi) is 2.78. The number of amides is 1. The van der Waals surface area contributed by atoms with Gasteiger partial charge in [-0.25, -0.2) is 0 Å². The molecule has 0 unspecified atom stereocenters. The number of fused-ring (bicyclic) bond motifs is 1. The molecule has 2 heterocycles. The van der Waals surface area contributed by atoms with Gasteiger partial charge in [0.25, 0.3) is 5.91 Å². The molecule has 1 aliphatic heterocycles. The first kappa shape index (κ1) is 11.3. The molecule has 4 heteroatoms. The summed E-state index contributed by atoms with van der Waals surface area (Å²) in [6.45, 7) is 1.78. The van der Waals surface area contributed by atoms with Gasteiger partial charge in [-0.1, -0.05) is 6.07 Å². The van der Waals surface area contributed by atoms with E-state index in [4.69, 9.17) is 0 Å². The second-order valence-electron chi connectivity index (χ2n) is 4.93. The van der Waals surface area contributed by atoms with Gasteiger partial charge in [-0.3, -0.25) is 9.48 Å². The van der Waals surface area contributed by atoms with Crippen molar-refractivity contribution in [2.45, 2.75) is 19.3 Å². The molecule has 18 heavy (non-hydrogen) atoms. The van der Waals surface area contributed by atoms with Crippen molar-refractivity contribution in [3.8, 4) is 0 Å². The van der Waals surface area contributed by atoms with E-state index in [1.165, 1.54) is 6.42 Å². The van der Waals surface area contributed by atoms with E-state index >= 15 is 0 Å². The molecule has 1 aliphatic rings. The lowest BCUT2D eigenvalue weighted by molar-refractivity contribution is 0.0724. The highest BCUT2D eigenvalue weighted by molar-refractivity contribution is 5.97. The topological polar surface area (TPSA) is 38.1 Å². The summed E-state index contributed by atoms with van der Waals surface area (Å²) in [5.41, 5.74) is 1.64. The van der Waals surface area contributed by atoms with Gasteiger partial charge in [-0.15, -0.1) is 0 Å². The highest BCUT2D eigenvalue weighted by atomic mass is 16.2. The number of aryl methyl sites for hydroxylation is 1. The lowest BCUT2D eigenvalue weighted by atomic mass is 10.1. The van der Waals surface area contributed by atoms with Crippen LogP contribution < -0.4 is 0 Å². The van der Waals surface area contributed by atoms with Crippen LogP contribution in [0.25, 0.3) is 10.9 Å². The minimum absolute atomic E-state index is 0.141. The van der Waals surface area contributed by atoms with E-state index in [9.17, 15) is 4.79 Å². The van der Waals surface area contributed by atoms with Crippen molar-refractivity contribution in [1.82, 2.24) is 14.7 Å². The molecular formula is C14H17N3O. The molecule has 1 aromatic heterocycles. The normalized spacial score (nSPS) is 16.2. The lowest BCUT2D eigenvalue weighted by Crippen LogP contribution is -2.35. The Morgan fingerprint density at radius 2 is 2.00 bits per heavy atom. The van der Waals surface area contributed by atoms with E-state index in [-0.39, 0.29) is 5.91 Å². The Bertz CT molecular complexity index is 582. The number of nitrogens with zero attached hydrogens (tertiary/aromatic N) is 3. The first-order chi connectivity index (χ1) is 8.74. The number of carbonyl (C=O) groups excluding carboxylic acids is 1. The van der Waals surface area contributed by atoms with E-state index in [1.807, 2.05) is 36.3 Å². The van der Waals surface area contributed by atoms with Crippen LogP contribution in [0.5, 0.6) is 0 Å². The summed E-state index contributed by atoms with van der Waals surface area (Å²) in [6, 6.07) is 5.77. The molecule has 4 nitrogen and oxygen atoms in total. The molecule has 1 fully saturated rings. The number of likely N-dealkylation sites (tertiary alicyclic amines) is 1. The maximum atomic E-state index is 12.3. The molecule has 0 bridgehead atoms. The van der Waals surface area contributed by atoms with Gasteiger partial charge in [0, 0.05) is 37.3 Å². The first-order valence-electron chi connectivity index (χ1n) is 6.47. The molecule has 3 rings (SSSR count). The average molecular weight is 243 g/mol. The third-order valence-electron chi connectivity index (χ3n) is 3.51. The molecule has 0 atom stereocenters. The summed E-state index contributed by atoms with van der Waals surface area (Å²) in [5.74, 6) is 0.141. The summed E-state index contributed by atoms with van der Waals surface area (Å²) < 4.78 is 1.78. The molecule has 1 aromatic carbocycles. The monoisotopic (exact) mass is 243 g/mol. The van der Waals surface area contributed by atoms with Gasteiger partial charge < -0.3 is 4.90 Å². The van der Waals surface area contributed by atoms with Gasteiger partial charge in [-0.2, -0.15) is 5.10 Å². The van der Waals surface area contributed by atoms with Crippen LogP contribution in [0.15, 0.2) is 24.4 Å². The Balaban J connectivity index is 1.90. The number of rotatable bonds is 1. The summed E-state index contributed by atoms with van der Waals surface area (Å²) in [5, 5.41) is 5.42. The molecule has 0 aliphatic carbocycles. The van der Waals surface area contributed by atoms with Crippen molar-refractivity contribution in [2.24, 2.45) is 7.05 Å². The van der Waals surface area contributed by atoms with Crippen LogP contribution in [0.2, 0.25) is 0 Å². The number of benzene rings is 1. The molecule has 94 valence electrons. The van der Waals surface area contributed by atoms with E-state index in [0.717, 1.165) is 42.4 Å². The van der Waals surface area contributed by atoms with Crippen LogP contribution in [-0.2, 0) is 7.05 Å². The second kappa shape index (κ2) is 4.44. The minimum Gasteiger partial charge on any atom is -0.339 e. The van der Waals surface area contributed by atoms with Gasteiger partial charge in [0.2, 0.25) is 0 Å². The SMILES string of the molecule is Cn1cc2ccc(C(=O)N3CCCCC3)cc2n1. The highest BCUT2D eigenvalue weighted by Gasteiger charge is 2.18. The third-order valence-corrected chi connectivity index (χ3v) is 3.51. The quantitative estimate of drug-likeness (QED) is 0.770. The zero-order valence-electron chi connectivity index (χ0n) is 10.6. The number of aromatic nitrogens is 2. The predicted molar refractivity (Wildman–Crippen MR) is 70.5 cm³/mol. The number of piperidine rings is 1. The number of carbonyl (C=O) groups is 1. The molecule has 1 amide bonds. The molecule has 0 saturated carbocycles. The van der Waals surface area contributed by atoms with Crippen LogP contribution in [0.3, 0.4) is 0 Å². The van der Waals surface area contributed by atoms with Crippen LogP contribution in [0.4, 0.5) is 0 Å². The standard InChI is InChI=1S/C14H17N3O/c1-16-10-12-6-5-11(9-13(12)15-16)14(18)17-7-3-2-4-8-17/h5-6,9-10H,2-4,7-8H2,1H3. The van der Waals surface area contributed by atoms with E-state index in [0.29, 0.717) is 0 Å². The fourth-order valence-electron chi connectivity index (χ4n) is 2.55. The summed E-state index contributed by atoms with van der Waals surface area (Å²) in [6.07, 6.45) is 5.45. The molecule has 2 aromatic rings. The molecular weight excluding hydrogens is 226 g/mol. The fraction of sp³-hybridized carbons (Fsp3) is 0.429. The predicted octanol–water partition coefficient (Wildman–Crippen LogP) is 2.20. The summed E-state index contributed by atoms with van der Waals surface area (Å²) in [4.78, 5) is 14.3. The summed E-state index contributed by atoms with van der Waals surface area (Å²) in [7, 11) is 1.89. The van der Waals surface area contributed by atoms with Crippen molar-refractivity contribution in [3.63, 3.8) is 0 Å². The Morgan fingerprint density at radius 1 is 1.22 bits per heavy atom.